The molecule has 0 bridgehead atoms. The SMILES string of the molecule is Cc1cc2nc(CC(C)C)[nH]n2c(=O)c1C#N. The van der Waals surface area contributed by atoms with Gasteiger partial charge in [-0.25, -0.2) is 4.98 Å². The number of rotatable bonds is 2. The first-order valence-electron chi connectivity index (χ1n) is 5.54. The maximum atomic E-state index is 11.9. The molecule has 0 spiro atoms. The molecule has 0 radical (unpaired) electrons. The third-order valence-electron chi connectivity index (χ3n) is 2.59. The molecule has 0 saturated carbocycles. The summed E-state index contributed by atoms with van der Waals surface area (Å²) in [7, 11) is 0. The fraction of sp³-hybridized carbons (Fsp3) is 0.417. The van der Waals surface area contributed by atoms with E-state index < -0.39 is 0 Å². The van der Waals surface area contributed by atoms with Gasteiger partial charge >= 0.3 is 0 Å². The third-order valence-corrected chi connectivity index (χ3v) is 2.59. The van der Waals surface area contributed by atoms with E-state index in [1.54, 1.807) is 13.0 Å². The molecule has 0 atom stereocenters. The van der Waals surface area contributed by atoms with Crippen LogP contribution in [0.25, 0.3) is 5.65 Å². The molecule has 0 aromatic carbocycles. The summed E-state index contributed by atoms with van der Waals surface area (Å²) in [4.78, 5) is 16.3. The van der Waals surface area contributed by atoms with E-state index >= 15 is 0 Å². The molecule has 2 aromatic heterocycles. The Morgan fingerprint density at radius 1 is 1.59 bits per heavy atom. The molecule has 17 heavy (non-hydrogen) atoms. The molecule has 5 nitrogen and oxygen atoms in total. The summed E-state index contributed by atoms with van der Waals surface area (Å²) in [5.41, 5.74) is 1.08. The van der Waals surface area contributed by atoms with E-state index in [4.69, 9.17) is 5.26 Å². The molecule has 0 aliphatic carbocycles. The van der Waals surface area contributed by atoms with Crippen molar-refractivity contribution in [3.05, 3.63) is 33.4 Å². The van der Waals surface area contributed by atoms with Gasteiger partial charge in [-0.15, -0.1) is 0 Å². The summed E-state index contributed by atoms with van der Waals surface area (Å²) >= 11 is 0. The van der Waals surface area contributed by atoms with Crippen LogP contribution in [0.1, 0.15) is 30.8 Å². The second-order valence-electron chi connectivity index (χ2n) is 4.58. The van der Waals surface area contributed by atoms with Gasteiger partial charge in [-0.3, -0.25) is 9.89 Å². The Balaban J connectivity index is 2.67. The number of pyridine rings is 1. The minimum atomic E-state index is -0.329. The van der Waals surface area contributed by atoms with E-state index in [0.717, 1.165) is 12.2 Å². The van der Waals surface area contributed by atoms with Gasteiger partial charge in [0.2, 0.25) is 0 Å². The minimum Gasteiger partial charge on any atom is -0.276 e. The highest BCUT2D eigenvalue weighted by molar-refractivity contribution is 5.47. The maximum absolute atomic E-state index is 11.9. The molecule has 0 amide bonds. The first-order chi connectivity index (χ1) is 8.02. The number of aromatic amines is 1. The largest absolute Gasteiger partial charge is 0.289 e. The first-order valence-corrected chi connectivity index (χ1v) is 5.54. The molecule has 0 fully saturated rings. The van der Waals surface area contributed by atoms with Crippen molar-refractivity contribution < 1.29 is 0 Å². The number of fused-ring (bicyclic) bond motifs is 1. The lowest BCUT2D eigenvalue weighted by Crippen LogP contribution is -2.18. The van der Waals surface area contributed by atoms with Crippen molar-refractivity contribution >= 4 is 5.65 Å². The van der Waals surface area contributed by atoms with Gasteiger partial charge in [-0.05, 0) is 24.5 Å². The van der Waals surface area contributed by atoms with E-state index in [-0.39, 0.29) is 11.1 Å². The average molecular weight is 230 g/mol. The predicted octanol–water partition coefficient (Wildman–Crippen LogP) is 1.40. The quantitative estimate of drug-likeness (QED) is 0.847. The van der Waals surface area contributed by atoms with Crippen molar-refractivity contribution in [1.29, 1.82) is 5.26 Å². The third kappa shape index (κ3) is 1.94. The van der Waals surface area contributed by atoms with Crippen LogP contribution in [0.4, 0.5) is 0 Å². The highest BCUT2D eigenvalue weighted by Crippen LogP contribution is 2.08. The summed E-state index contributed by atoms with van der Waals surface area (Å²) in [6.07, 6.45) is 0.780. The number of nitrogens with one attached hydrogen (secondary N) is 1. The van der Waals surface area contributed by atoms with Gasteiger partial charge in [0.15, 0.2) is 5.65 Å². The van der Waals surface area contributed by atoms with Crippen LogP contribution in [0.15, 0.2) is 10.9 Å². The topological polar surface area (TPSA) is 74.0 Å². The maximum Gasteiger partial charge on any atom is 0.289 e. The lowest BCUT2D eigenvalue weighted by molar-refractivity contribution is 0.619. The van der Waals surface area contributed by atoms with Crippen LogP contribution in [-0.4, -0.2) is 14.6 Å². The van der Waals surface area contributed by atoms with E-state index in [1.165, 1.54) is 4.52 Å². The molecule has 0 aliphatic heterocycles. The zero-order valence-corrected chi connectivity index (χ0v) is 10.1. The van der Waals surface area contributed by atoms with Gasteiger partial charge in [0.1, 0.15) is 17.5 Å². The van der Waals surface area contributed by atoms with Crippen LogP contribution in [0.2, 0.25) is 0 Å². The second-order valence-corrected chi connectivity index (χ2v) is 4.58. The van der Waals surface area contributed by atoms with Crippen LogP contribution >= 0.6 is 0 Å². The number of nitriles is 1. The number of hydrogen-bond acceptors (Lipinski definition) is 3. The highest BCUT2D eigenvalue weighted by atomic mass is 16.1. The molecular formula is C12H14N4O. The van der Waals surface area contributed by atoms with Gasteiger partial charge in [-0.1, -0.05) is 13.8 Å². The number of aromatic nitrogens is 3. The summed E-state index contributed by atoms with van der Waals surface area (Å²) in [6, 6.07) is 3.67. The monoisotopic (exact) mass is 230 g/mol. The summed E-state index contributed by atoms with van der Waals surface area (Å²) in [5, 5.41) is 11.9. The lowest BCUT2D eigenvalue weighted by Gasteiger charge is -1.98. The van der Waals surface area contributed by atoms with Crippen molar-refractivity contribution in [2.45, 2.75) is 27.2 Å². The molecule has 5 heteroatoms. The molecule has 0 saturated heterocycles. The molecular weight excluding hydrogens is 216 g/mol. The van der Waals surface area contributed by atoms with Crippen LogP contribution < -0.4 is 5.56 Å². The molecule has 0 aliphatic rings. The molecule has 2 aromatic rings. The molecule has 2 heterocycles. The van der Waals surface area contributed by atoms with E-state index in [0.29, 0.717) is 17.1 Å². The Labute approximate surface area is 98.7 Å². The van der Waals surface area contributed by atoms with E-state index in [2.05, 4.69) is 23.9 Å². The lowest BCUT2D eigenvalue weighted by atomic mass is 10.1. The molecule has 0 unspecified atom stereocenters. The van der Waals surface area contributed by atoms with E-state index in [9.17, 15) is 4.79 Å². The fourth-order valence-electron chi connectivity index (χ4n) is 1.81. The Bertz CT molecular complexity index is 657. The Kier molecular flexibility index (Phi) is 2.72. The van der Waals surface area contributed by atoms with Crippen LogP contribution in [0, 0.1) is 24.2 Å². The molecule has 1 N–H and O–H groups in total. The van der Waals surface area contributed by atoms with Crippen molar-refractivity contribution in [3.63, 3.8) is 0 Å². The number of nitrogens with zero attached hydrogens (tertiary/aromatic N) is 3. The number of hydrogen-bond donors (Lipinski definition) is 1. The van der Waals surface area contributed by atoms with Crippen molar-refractivity contribution in [2.75, 3.05) is 0 Å². The van der Waals surface area contributed by atoms with Crippen molar-refractivity contribution in [1.82, 2.24) is 14.6 Å². The Morgan fingerprint density at radius 3 is 2.88 bits per heavy atom. The summed E-state index contributed by atoms with van der Waals surface area (Å²) in [5.74, 6) is 1.23. The predicted molar refractivity (Wildman–Crippen MR) is 63.8 cm³/mol. The standard InChI is InChI=1S/C12H14N4O/c1-7(2)4-10-14-11-5-8(3)9(6-13)12(17)16(11)15-10/h5,7H,4H2,1-3H3,(H,14,15). The van der Waals surface area contributed by atoms with Crippen LogP contribution in [-0.2, 0) is 6.42 Å². The average Bonchev–Trinajstić information content (AvgIpc) is 2.60. The fourth-order valence-corrected chi connectivity index (χ4v) is 1.81. The first kappa shape index (κ1) is 11.4. The minimum absolute atomic E-state index is 0.169. The smallest absolute Gasteiger partial charge is 0.276 e. The van der Waals surface area contributed by atoms with Crippen LogP contribution in [0.3, 0.4) is 0 Å². The van der Waals surface area contributed by atoms with Crippen molar-refractivity contribution in [3.8, 4) is 6.07 Å². The van der Waals surface area contributed by atoms with Gasteiger partial charge in [0, 0.05) is 6.42 Å². The zero-order valence-electron chi connectivity index (χ0n) is 10.1. The van der Waals surface area contributed by atoms with Gasteiger partial charge in [0.05, 0.1) is 0 Å². The number of aryl methyl sites for hydroxylation is 1. The molecule has 88 valence electrons. The zero-order chi connectivity index (χ0) is 12.6. The van der Waals surface area contributed by atoms with Gasteiger partial charge in [0.25, 0.3) is 5.56 Å². The normalized spacial score (nSPS) is 11.0. The van der Waals surface area contributed by atoms with Crippen molar-refractivity contribution in [2.24, 2.45) is 5.92 Å². The highest BCUT2D eigenvalue weighted by Gasteiger charge is 2.11. The Morgan fingerprint density at radius 2 is 2.29 bits per heavy atom. The van der Waals surface area contributed by atoms with E-state index in [1.807, 2.05) is 6.07 Å². The number of H-pyrrole nitrogens is 1. The molecule has 2 rings (SSSR count). The summed E-state index contributed by atoms with van der Waals surface area (Å²) in [6.45, 7) is 5.92. The Hall–Kier alpha value is -2.09. The van der Waals surface area contributed by atoms with Gasteiger partial charge in [-0.2, -0.15) is 9.78 Å². The second kappa shape index (κ2) is 4.06. The van der Waals surface area contributed by atoms with Crippen LogP contribution in [0.5, 0.6) is 0 Å². The van der Waals surface area contributed by atoms with Gasteiger partial charge < -0.3 is 0 Å². The summed E-state index contributed by atoms with van der Waals surface area (Å²) < 4.78 is 1.34.